The van der Waals surface area contributed by atoms with Crippen LogP contribution in [0, 0.1) is 0 Å². The molecular formula is C14H20Cl2O2. The van der Waals surface area contributed by atoms with E-state index < -0.39 is 0 Å². The van der Waals surface area contributed by atoms with Crippen molar-refractivity contribution in [2.24, 2.45) is 0 Å². The van der Waals surface area contributed by atoms with Crippen molar-refractivity contribution in [1.29, 1.82) is 0 Å². The van der Waals surface area contributed by atoms with Crippen LogP contribution < -0.4 is 4.74 Å². The van der Waals surface area contributed by atoms with Crippen molar-refractivity contribution >= 4 is 23.2 Å². The summed E-state index contributed by atoms with van der Waals surface area (Å²) in [7, 11) is 0. The number of phenols is 1. The fourth-order valence-corrected chi connectivity index (χ4v) is 2.07. The molecule has 0 aromatic heterocycles. The van der Waals surface area contributed by atoms with Gasteiger partial charge in [-0.15, -0.1) is 0 Å². The maximum absolute atomic E-state index is 9.34. The van der Waals surface area contributed by atoms with Crippen LogP contribution in [-0.2, 0) is 0 Å². The van der Waals surface area contributed by atoms with Gasteiger partial charge in [0.2, 0.25) is 0 Å². The van der Waals surface area contributed by atoms with E-state index >= 15 is 0 Å². The molecule has 0 saturated heterocycles. The Balaban J connectivity index is 2.25. The number of halogens is 2. The number of hydrogen-bond donors (Lipinski definition) is 1. The number of phenolic OH excluding ortho intramolecular Hbond substituents is 1. The topological polar surface area (TPSA) is 29.5 Å². The lowest BCUT2D eigenvalue weighted by atomic mass is 10.1. The molecule has 102 valence electrons. The molecule has 18 heavy (non-hydrogen) atoms. The van der Waals surface area contributed by atoms with Gasteiger partial charge in [0.15, 0.2) is 0 Å². The molecule has 1 N–H and O–H groups in total. The monoisotopic (exact) mass is 290 g/mol. The molecule has 4 heteroatoms. The van der Waals surface area contributed by atoms with Gasteiger partial charge in [-0.1, -0.05) is 62.2 Å². The fraction of sp³-hybridized carbons (Fsp3) is 0.571. The van der Waals surface area contributed by atoms with Crippen molar-refractivity contribution < 1.29 is 9.84 Å². The predicted molar refractivity (Wildman–Crippen MR) is 77.0 cm³/mol. The van der Waals surface area contributed by atoms with E-state index in [1.54, 1.807) is 6.07 Å². The average molecular weight is 291 g/mol. The van der Waals surface area contributed by atoms with Gasteiger partial charge in [0.1, 0.15) is 21.5 Å². The molecule has 0 unspecified atom stereocenters. The van der Waals surface area contributed by atoms with Crippen LogP contribution in [0.15, 0.2) is 12.1 Å². The second-order valence-corrected chi connectivity index (χ2v) is 5.08. The zero-order valence-corrected chi connectivity index (χ0v) is 12.2. The maximum atomic E-state index is 9.34. The summed E-state index contributed by atoms with van der Waals surface area (Å²) in [5, 5.41) is 9.77. The van der Waals surface area contributed by atoms with Crippen LogP contribution in [0.5, 0.6) is 11.5 Å². The number of benzene rings is 1. The zero-order chi connectivity index (χ0) is 13.4. The number of ether oxygens (including phenoxy) is 1. The Morgan fingerprint density at radius 1 is 1.00 bits per heavy atom. The Hall–Kier alpha value is -0.600. The van der Waals surface area contributed by atoms with Gasteiger partial charge in [-0.25, -0.2) is 0 Å². The summed E-state index contributed by atoms with van der Waals surface area (Å²) >= 11 is 11.8. The summed E-state index contributed by atoms with van der Waals surface area (Å²) < 4.78 is 5.55. The van der Waals surface area contributed by atoms with Crippen LogP contribution in [0.3, 0.4) is 0 Å². The van der Waals surface area contributed by atoms with Crippen molar-refractivity contribution in [2.75, 3.05) is 6.61 Å². The first-order chi connectivity index (χ1) is 8.66. The molecule has 0 aliphatic carbocycles. The zero-order valence-electron chi connectivity index (χ0n) is 10.7. The van der Waals surface area contributed by atoms with E-state index in [2.05, 4.69) is 6.92 Å². The molecule has 0 spiro atoms. The Bertz CT molecular complexity index is 367. The van der Waals surface area contributed by atoms with Gasteiger partial charge in [-0.3, -0.25) is 0 Å². The van der Waals surface area contributed by atoms with E-state index in [4.69, 9.17) is 27.9 Å². The maximum Gasteiger partial charge on any atom is 0.139 e. The molecule has 0 bridgehead atoms. The molecule has 0 saturated carbocycles. The summed E-state index contributed by atoms with van der Waals surface area (Å²) in [6, 6.07) is 3.13. The highest BCUT2D eigenvalue weighted by Crippen LogP contribution is 2.38. The largest absolute Gasteiger partial charge is 0.506 e. The molecule has 1 rings (SSSR count). The SMILES string of the molecule is CCCCCCCCOc1ccc(O)c(Cl)c1Cl. The van der Waals surface area contributed by atoms with E-state index in [9.17, 15) is 5.11 Å². The third-order valence-corrected chi connectivity index (χ3v) is 3.64. The minimum atomic E-state index is -0.0198. The molecule has 0 atom stereocenters. The van der Waals surface area contributed by atoms with E-state index in [1.807, 2.05) is 0 Å². The van der Waals surface area contributed by atoms with Crippen LogP contribution in [0.1, 0.15) is 45.4 Å². The lowest BCUT2D eigenvalue weighted by molar-refractivity contribution is 0.304. The first kappa shape index (κ1) is 15.5. The van der Waals surface area contributed by atoms with Crippen molar-refractivity contribution in [3.63, 3.8) is 0 Å². The molecule has 0 aliphatic heterocycles. The Kier molecular flexibility index (Phi) is 7.29. The summed E-state index contributed by atoms with van der Waals surface area (Å²) in [6.07, 6.45) is 7.30. The highest BCUT2D eigenvalue weighted by atomic mass is 35.5. The van der Waals surface area contributed by atoms with Gasteiger partial charge in [-0.05, 0) is 18.6 Å². The number of unbranched alkanes of at least 4 members (excludes halogenated alkanes) is 5. The van der Waals surface area contributed by atoms with Gasteiger partial charge in [0.05, 0.1) is 6.61 Å². The third kappa shape index (κ3) is 4.95. The van der Waals surface area contributed by atoms with E-state index in [1.165, 1.54) is 38.2 Å². The molecular weight excluding hydrogens is 271 g/mol. The Labute approximate surface area is 119 Å². The van der Waals surface area contributed by atoms with Crippen LogP contribution >= 0.6 is 23.2 Å². The predicted octanol–water partition coefficient (Wildman–Crippen LogP) is 5.44. The third-order valence-electron chi connectivity index (χ3n) is 2.78. The van der Waals surface area contributed by atoms with E-state index in [-0.39, 0.29) is 15.8 Å². The second kappa shape index (κ2) is 8.49. The number of aromatic hydroxyl groups is 1. The Morgan fingerprint density at radius 3 is 2.39 bits per heavy atom. The molecule has 0 amide bonds. The van der Waals surface area contributed by atoms with Crippen LogP contribution in [0.25, 0.3) is 0 Å². The highest BCUT2D eigenvalue weighted by Gasteiger charge is 2.09. The summed E-state index contributed by atoms with van der Waals surface area (Å²) in [4.78, 5) is 0. The van der Waals surface area contributed by atoms with Crippen LogP contribution in [-0.4, -0.2) is 11.7 Å². The lowest BCUT2D eigenvalue weighted by Crippen LogP contribution is -1.98. The minimum Gasteiger partial charge on any atom is -0.506 e. The van der Waals surface area contributed by atoms with Gasteiger partial charge in [-0.2, -0.15) is 0 Å². The van der Waals surface area contributed by atoms with Gasteiger partial charge < -0.3 is 9.84 Å². The normalized spacial score (nSPS) is 10.6. The van der Waals surface area contributed by atoms with Crippen LogP contribution in [0.2, 0.25) is 10.0 Å². The van der Waals surface area contributed by atoms with Crippen molar-refractivity contribution in [3.8, 4) is 11.5 Å². The average Bonchev–Trinajstić information content (AvgIpc) is 2.37. The molecule has 2 nitrogen and oxygen atoms in total. The number of hydrogen-bond acceptors (Lipinski definition) is 2. The Morgan fingerprint density at radius 2 is 1.67 bits per heavy atom. The van der Waals surface area contributed by atoms with Crippen molar-refractivity contribution in [1.82, 2.24) is 0 Å². The number of rotatable bonds is 8. The summed E-state index contributed by atoms with van der Waals surface area (Å²) in [5.74, 6) is 0.515. The molecule has 1 aromatic rings. The van der Waals surface area contributed by atoms with E-state index in [0.717, 1.165) is 6.42 Å². The van der Waals surface area contributed by atoms with Gasteiger partial charge in [0.25, 0.3) is 0 Å². The lowest BCUT2D eigenvalue weighted by Gasteiger charge is -2.09. The molecule has 0 radical (unpaired) electrons. The second-order valence-electron chi connectivity index (χ2n) is 4.33. The standard InChI is InChI=1S/C14H20Cl2O2/c1-2-3-4-5-6-7-10-18-12-9-8-11(17)13(15)14(12)16/h8-9,17H,2-7,10H2,1H3. The summed E-state index contributed by atoms with van der Waals surface area (Å²) in [5.41, 5.74) is 0. The van der Waals surface area contributed by atoms with Gasteiger partial charge >= 0.3 is 0 Å². The minimum absolute atomic E-state index is 0.0198. The van der Waals surface area contributed by atoms with Crippen LogP contribution in [0.4, 0.5) is 0 Å². The van der Waals surface area contributed by atoms with E-state index in [0.29, 0.717) is 12.4 Å². The fourth-order valence-electron chi connectivity index (χ4n) is 1.70. The van der Waals surface area contributed by atoms with Gasteiger partial charge in [0, 0.05) is 0 Å². The molecule has 0 aliphatic rings. The summed E-state index contributed by atoms with van der Waals surface area (Å²) in [6.45, 7) is 2.84. The van der Waals surface area contributed by atoms with Crippen molar-refractivity contribution in [2.45, 2.75) is 45.4 Å². The molecule has 0 heterocycles. The quantitative estimate of drug-likeness (QED) is 0.646. The molecule has 0 fully saturated rings. The smallest absolute Gasteiger partial charge is 0.139 e. The first-order valence-electron chi connectivity index (χ1n) is 6.46. The van der Waals surface area contributed by atoms with Crippen molar-refractivity contribution in [3.05, 3.63) is 22.2 Å². The molecule has 1 aromatic carbocycles. The first-order valence-corrected chi connectivity index (χ1v) is 7.22. The highest BCUT2D eigenvalue weighted by molar-refractivity contribution is 6.43.